The maximum absolute atomic E-state index is 12.4. The smallest absolute Gasteiger partial charge is 0.257 e. The van der Waals surface area contributed by atoms with Crippen LogP contribution in [0.4, 0.5) is 5.13 Å². The number of amides is 1. The lowest BCUT2D eigenvalue weighted by Gasteiger charge is -2.10. The van der Waals surface area contributed by atoms with Gasteiger partial charge in [0.1, 0.15) is 5.76 Å². The molecule has 0 spiro atoms. The fourth-order valence-corrected chi connectivity index (χ4v) is 3.67. The third-order valence-corrected chi connectivity index (χ3v) is 5.52. The molecule has 3 aromatic rings. The zero-order valence-electron chi connectivity index (χ0n) is 13.2. The van der Waals surface area contributed by atoms with Crippen LogP contribution in [0.1, 0.15) is 21.7 Å². The highest BCUT2D eigenvalue weighted by atomic mass is 32.2. The predicted molar refractivity (Wildman–Crippen MR) is 94.0 cm³/mol. The fourth-order valence-electron chi connectivity index (χ4n) is 2.13. The lowest BCUT2D eigenvalue weighted by Crippen LogP contribution is -2.24. The van der Waals surface area contributed by atoms with Crippen LogP contribution in [-0.2, 0) is 16.6 Å². The summed E-state index contributed by atoms with van der Waals surface area (Å²) in [6, 6.07) is 7.75. The molecule has 0 saturated carbocycles. The van der Waals surface area contributed by atoms with Gasteiger partial charge in [-0.3, -0.25) is 10.1 Å². The first-order valence-electron chi connectivity index (χ1n) is 7.29. The number of aryl methyl sites for hydroxylation is 1. The van der Waals surface area contributed by atoms with Gasteiger partial charge in [0.05, 0.1) is 17.7 Å². The monoisotopic (exact) mass is 377 g/mol. The summed E-state index contributed by atoms with van der Waals surface area (Å²) >= 11 is 1.28. The van der Waals surface area contributed by atoms with E-state index in [-0.39, 0.29) is 17.0 Å². The van der Waals surface area contributed by atoms with Crippen LogP contribution in [0.15, 0.2) is 57.5 Å². The number of hydrogen-bond donors (Lipinski definition) is 2. The Labute approximate surface area is 148 Å². The average molecular weight is 377 g/mol. The number of benzene rings is 1. The van der Waals surface area contributed by atoms with Gasteiger partial charge in [0, 0.05) is 17.1 Å². The van der Waals surface area contributed by atoms with Crippen molar-refractivity contribution in [2.45, 2.75) is 18.4 Å². The highest BCUT2D eigenvalue weighted by molar-refractivity contribution is 7.89. The Morgan fingerprint density at radius 2 is 2.16 bits per heavy atom. The number of sulfonamides is 1. The second kappa shape index (κ2) is 7.18. The van der Waals surface area contributed by atoms with E-state index in [1.54, 1.807) is 36.7 Å². The van der Waals surface area contributed by atoms with Crippen molar-refractivity contribution in [3.63, 3.8) is 0 Å². The standard InChI is InChI=1S/C16H15N3O4S2/c1-11-4-5-13(25(21,22)18-10-12-3-2-7-23-12)9-14(11)15(20)19-16-17-6-8-24-16/h2-9,18H,10H2,1H3,(H,17,19,20). The second-order valence-electron chi connectivity index (χ2n) is 5.17. The van der Waals surface area contributed by atoms with Gasteiger partial charge in [0.2, 0.25) is 10.0 Å². The van der Waals surface area contributed by atoms with Crippen molar-refractivity contribution in [3.05, 3.63) is 65.1 Å². The van der Waals surface area contributed by atoms with Crippen LogP contribution in [0.3, 0.4) is 0 Å². The summed E-state index contributed by atoms with van der Waals surface area (Å²) in [4.78, 5) is 16.4. The number of nitrogens with one attached hydrogen (secondary N) is 2. The SMILES string of the molecule is Cc1ccc(S(=O)(=O)NCc2ccco2)cc1C(=O)Nc1nccs1. The van der Waals surface area contributed by atoms with E-state index in [1.807, 2.05) is 0 Å². The van der Waals surface area contributed by atoms with Gasteiger partial charge >= 0.3 is 0 Å². The van der Waals surface area contributed by atoms with E-state index < -0.39 is 15.9 Å². The highest BCUT2D eigenvalue weighted by Gasteiger charge is 2.18. The minimum absolute atomic E-state index is 0.00828. The van der Waals surface area contributed by atoms with E-state index in [0.717, 1.165) is 0 Å². The quantitative estimate of drug-likeness (QED) is 0.688. The molecule has 0 fully saturated rings. The topological polar surface area (TPSA) is 101 Å². The third-order valence-electron chi connectivity index (χ3n) is 3.43. The van der Waals surface area contributed by atoms with Gasteiger partial charge in [-0.15, -0.1) is 11.3 Å². The van der Waals surface area contributed by atoms with Crippen molar-refractivity contribution in [2.75, 3.05) is 5.32 Å². The van der Waals surface area contributed by atoms with Crippen molar-refractivity contribution in [3.8, 4) is 0 Å². The summed E-state index contributed by atoms with van der Waals surface area (Å²) in [5.41, 5.74) is 0.940. The third kappa shape index (κ3) is 4.13. The molecule has 0 aliphatic carbocycles. The van der Waals surface area contributed by atoms with Gasteiger partial charge < -0.3 is 4.42 Å². The molecule has 9 heteroatoms. The van der Waals surface area contributed by atoms with Crippen molar-refractivity contribution in [1.82, 2.24) is 9.71 Å². The van der Waals surface area contributed by atoms with Gasteiger partial charge in [-0.2, -0.15) is 0 Å². The van der Waals surface area contributed by atoms with Crippen molar-refractivity contribution < 1.29 is 17.6 Å². The Morgan fingerprint density at radius 3 is 2.84 bits per heavy atom. The maximum Gasteiger partial charge on any atom is 0.257 e. The lowest BCUT2D eigenvalue weighted by atomic mass is 10.1. The summed E-state index contributed by atoms with van der Waals surface area (Å²) in [5.74, 6) is 0.0907. The Hall–Kier alpha value is -2.49. The number of carbonyl (C=O) groups excluding carboxylic acids is 1. The number of aromatic nitrogens is 1. The number of rotatable bonds is 6. The molecular weight excluding hydrogens is 362 g/mol. The molecule has 3 rings (SSSR count). The Balaban J connectivity index is 1.81. The van der Waals surface area contributed by atoms with E-state index in [1.165, 1.54) is 29.7 Å². The summed E-state index contributed by atoms with van der Waals surface area (Å²) in [7, 11) is -3.77. The molecule has 0 bridgehead atoms. The first-order valence-corrected chi connectivity index (χ1v) is 9.65. The van der Waals surface area contributed by atoms with Crippen molar-refractivity contribution >= 4 is 32.4 Å². The number of furan rings is 1. The molecule has 1 amide bonds. The summed E-state index contributed by atoms with van der Waals surface area (Å²) in [5, 5.41) is 4.84. The molecule has 2 aromatic heterocycles. The lowest BCUT2D eigenvalue weighted by molar-refractivity contribution is 0.102. The number of hydrogen-bond acceptors (Lipinski definition) is 6. The van der Waals surface area contributed by atoms with E-state index in [4.69, 9.17) is 4.42 Å². The molecule has 0 saturated heterocycles. The maximum atomic E-state index is 12.4. The van der Waals surface area contributed by atoms with Crippen molar-refractivity contribution in [2.24, 2.45) is 0 Å². The van der Waals surface area contributed by atoms with Crippen LogP contribution >= 0.6 is 11.3 Å². The van der Waals surface area contributed by atoms with Gasteiger partial charge in [-0.25, -0.2) is 18.1 Å². The highest BCUT2D eigenvalue weighted by Crippen LogP contribution is 2.19. The van der Waals surface area contributed by atoms with Gasteiger partial charge in [-0.05, 0) is 36.8 Å². The Morgan fingerprint density at radius 1 is 1.32 bits per heavy atom. The van der Waals surface area contributed by atoms with E-state index in [0.29, 0.717) is 16.5 Å². The summed E-state index contributed by atoms with van der Waals surface area (Å²) in [6.45, 7) is 1.77. The fraction of sp³-hybridized carbons (Fsp3) is 0.125. The van der Waals surface area contributed by atoms with Gasteiger partial charge in [0.25, 0.3) is 5.91 Å². The molecule has 130 valence electrons. The second-order valence-corrected chi connectivity index (χ2v) is 7.83. The molecule has 0 atom stereocenters. The molecule has 1 aromatic carbocycles. The molecule has 0 aliphatic heterocycles. The number of carbonyl (C=O) groups is 1. The molecule has 25 heavy (non-hydrogen) atoms. The summed E-state index contributed by atoms with van der Waals surface area (Å²) in [6.07, 6.45) is 3.04. The van der Waals surface area contributed by atoms with Crippen LogP contribution in [0.5, 0.6) is 0 Å². The van der Waals surface area contributed by atoms with Crippen LogP contribution < -0.4 is 10.0 Å². The first kappa shape index (κ1) is 17.3. The molecule has 2 N–H and O–H groups in total. The number of anilines is 1. The predicted octanol–water partition coefficient (Wildman–Crippen LogP) is 2.78. The Bertz CT molecular complexity index is 965. The van der Waals surface area contributed by atoms with E-state index >= 15 is 0 Å². The molecule has 0 unspecified atom stereocenters. The molecule has 2 heterocycles. The molecule has 0 aliphatic rings. The number of thiazole rings is 1. The normalized spacial score (nSPS) is 11.4. The van der Waals surface area contributed by atoms with Crippen molar-refractivity contribution in [1.29, 1.82) is 0 Å². The van der Waals surface area contributed by atoms with Gasteiger partial charge in [-0.1, -0.05) is 6.07 Å². The van der Waals surface area contributed by atoms with Gasteiger partial charge in [0.15, 0.2) is 5.13 Å². The zero-order valence-corrected chi connectivity index (χ0v) is 14.9. The van der Waals surface area contributed by atoms with Crippen LogP contribution in [0.2, 0.25) is 0 Å². The van der Waals surface area contributed by atoms with Crippen LogP contribution in [0.25, 0.3) is 0 Å². The minimum atomic E-state index is -3.77. The molecular formula is C16H15N3O4S2. The number of nitrogens with zero attached hydrogens (tertiary/aromatic N) is 1. The van der Waals surface area contributed by atoms with E-state index in [2.05, 4.69) is 15.0 Å². The molecule has 7 nitrogen and oxygen atoms in total. The minimum Gasteiger partial charge on any atom is -0.468 e. The van der Waals surface area contributed by atoms with E-state index in [9.17, 15) is 13.2 Å². The largest absolute Gasteiger partial charge is 0.468 e. The van der Waals surface area contributed by atoms with Crippen LogP contribution in [0, 0.1) is 6.92 Å². The zero-order chi connectivity index (χ0) is 17.9. The first-order chi connectivity index (χ1) is 12.0. The summed E-state index contributed by atoms with van der Waals surface area (Å²) < 4.78 is 32.4. The average Bonchev–Trinajstić information content (AvgIpc) is 3.26. The Kier molecular flexibility index (Phi) is 4.98. The molecule has 0 radical (unpaired) electrons. The van der Waals surface area contributed by atoms with Crippen LogP contribution in [-0.4, -0.2) is 19.3 Å².